The van der Waals surface area contributed by atoms with Gasteiger partial charge < -0.3 is 14.2 Å². The van der Waals surface area contributed by atoms with Crippen LogP contribution in [0.15, 0.2) is 42.9 Å². The molecule has 1 N–H and O–H groups in total. The summed E-state index contributed by atoms with van der Waals surface area (Å²) in [5.41, 5.74) is 0.892. The molecule has 14 nitrogen and oxygen atoms in total. The first kappa shape index (κ1) is 27.7. The van der Waals surface area contributed by atoms with Gasteiger partial charge in [0.2, 0.25) is 6.79 Å². The highest BCUT2D eigenvalue weighted by molar-refractivity contribution is 6.14. The van der Waals surface area contributed by atoms with Crippen LogP contribution in [-0.2, 0) is 35.1 Å². The highest BCUT2D eigenvalue weighted by atomic mass is 35.5. The van der Waals surface area contributed by atoms with Gasteiger partial charge in [-0.25, -0.2) is 18.7 Å². The van der Waals surface area contributed by atoms with E-state index < -0.39 is 48.4 Å². The van der Waals surface area contributed by atoms with E-state index in [2.05, 4.69) is 25.0 Å². The van der Waals surface area contributed by atoms with E-state index in [-0.39, 0.29) is 30.9 Å². The molecule has 1 aromatic carbocycles. The monoisotopic (exact) mass is 563 g/mol. The zero-order chi connectivity index (χ0) is 27.9. The van der Waals surface area contributed by atoms with Crippen molar-refractivity contribution < 1.29 is 37.8 Å². The number of Topliss-reactive ketones (excluding diaryl/α,β-unsaturated/α-hetero) is 1. The van der Waals surface area contributed by atoms with Crippen LogP contribution < -0.4 is 9.74 Å². The van der Waals surface area contributed by atoms with Crippen LogP contribution in [0.4, 0.5) is 14.9 Å². The molecule has 0 aliphatic carbocycles. The molecule has 3 heterocycles. The molecule has 3 aromatic rings. The lowest BCUT2D eigenvalue weighted by atomic mass is 9.97. The number of anilines is 1. The molecule has 1 unspecified atom stereocenters. The number of esters is 2. The van der Waals surface area contributed by atoms with Gasteiger partial charge in [0.15, 0.2) is 5.82 Å². The number of aromatic nitrogens is 5. The van der Waals surface area contributed by atoms with Crippen LogP contribution in [0, 0.1) is 11.7 Å². The molecule has 1 aliphatic rings. The normalized spacial score (nSPS) is 15.6. The summed E-state index contributed by atoms with van der Waals surface area (Å²) in [7, 11) is 0. The molecule has 2 aromatic heterocycles. The number of nitrogens with one attached hydrogen (secondary N) is 1. The molecule has 1 fully saturated rings. The maximum absolute atomic E-state index is 15.0. The summed E-state index contributed by atoms with van der Waals surface area (Å²) >= 11 is 5.18. The Balaban J connectivity index is 1.37. The fraction of sp³-hybridized carbons (Fsp3) is 0.348. The molecule has 4 rings (SSSR count). The Morgan fingerprint density at radius 3 is 2.82 bits per heavy atom. The summed E-state index contributed by atoms with van der Waals surface area (Å²) in [6.07, 6.45) is 3.16. The fourth-order valence-corrected chi connectivity index (χ4v) is 3.91. The van der Waals surface area contributed by atoms with E-state index in [4.69, 9.17) is 21.3 Å². The van der Waals surface area contributed by atoms with E-state index in [0.717, 1.165) is 6.07 Å². The van der Waals surface area contributed by atoms with Crippen LogP contribution in [0.25, 0.3) is 5.69 Å². The summed E-state index contributed by atoms with van der Waals surface area (Å²) in [5.74, 6) is -4.18. The Hall–Kier alpha value is -4.37. The van der Waals surface area contributed by atoms with Gasteiger partial charge >= 0.3 is 18.0 Å². The second-order valence-electron chi connectivity index (χ2n) is 8.42. The third-order valence-corrected chi connectivity index (χ3v) is 5.83. The van der Waals surface area contributed by atoms with E-state index in [1.54, 1.807) is 29.3 Å². The van der Waals surface area contributed by atoms with Gasteiger partial charge in [0.1, 0.15) is 35.7 Å². The second kappa shape index (κ2) is 12.4. The van der Waals surface area contributed by atoms with Crippen molar-refractivity contribution in [3.05, 3.63) is 54.4 Å². The van der Waals surface area contributed by atoms with Gasteiger partial charge in [-0.15, -0.1) is 5.10 Å². The average molecular weight is 564 g/mol. The molecule has 39 heavy (non-hydrogen) atoms. The van der Waals surface area contributed by atoms with Gasteiger partial charge in [-0.05, 0) is 43.0 Å². The van der Waals surface area contributed by atoms with Crippen LogP contribution >= 0.6 is 11.8 Å². The zero-order valence-electron chi connectivity index (χ0n) is 20.5. The molecule has 0 radical (unpaired) electrons. The van der Waals surface area contributed by atoms with Crippen LogP contribution in [-0.4, -0.2) is 74.6 Å². The number of amides is 1. The number of carbonyl (C=O) groups excluding carboxylic acids is 4. The zero-order valence-corrected chi connectivity index (χ0v) is 21.3. The number of ether oxygens (including phenoxy) is 3. The maximum Gasteiger partial charge on any atom is 0.414 e. The van der Waals surface area contributed by atoms with Gasteiger partial charge in [-0.2, -0.15) is 5.10 Å². The van der Waals surface area contributed by atoms with Crippen molar-refractivity contribution in [2.45, 2.75) is 26.0 Å². The molecular formula is C23H23ClFN7O7. The third-order valence-electron chi connectivity index (χ3n) is 5.69. The van der Waals surface area contributed by atoms with Crippen molar-refractivity contribution >= 4 is 41.3 Å². The number of carbonyl (C=O) groups is 4. The van der Waals surface area contributed by atoms with Crippen molar-refractivity contribution in [3.63, 3.8) is 0 Å². The highest BCUT2D eigenvalue weighted by Crippen LogP contribution is 2.28. The first-order valence-corrected chi connectivity index (χ1v) is 12.0. The molecule has 0 bridgehead atoms. The summed E-state index contributed by atoms with van der Waals surface area (Å²) in [6.45, 7) is 0.486. The first-order chi connectivity index (χ1) is 18.7. The van der Waals surface area contributed by atoms with Crippen LogP contribution in [0.5, 0.6) is 0 Å². The predicted molar refractivity (Wildman–Crippen MR) is 130 cm³/mol. The number of hydrogen-bond donors (Lipinski definition) is 1. The van der Waals surface area contributed by atoms with Crippen LogP contribution in [0.2, 0.25) is 0 Å². The molecule has 2 atom stereocenters. The SMILES string of the molecule is CC(=O)C(C[C@H]1CN(c2ccc(-n3cc(Cn4cccn4)nn3)c(F)c2)C(=O)O1)C(=O)OCOC(=O)CNCl. The standard InChI is InChI=1S/C23H23ClFN7O7/c1-14(33)18(22(35)38-13-37-21(34)9-26-24)8-17-12-31(23(36)39-17)16-3-4-20(19(25)7-16)32-11-15(28-29-32)10-30-6-2-5-27-30/h2-7,11,17-18,26H,8-10,12-13H2,1H3/t17-,18?/m0/s1. The molecular weight excluding hydrogens is 541 g/mol. The second-order valence-corrected chi connectivity index (χ2v) is 8.68. The lowest BCUT2D eigenvalue weighted by Gasteiger charge is -2.17. The summed E-state index contributed by atoms with van der Waals surface area (Å²) in [6, 6.07) is 5.87. The molecule has 206 valence electrons. The van der Waals surface area contributed by atoms with Gasteiger partial charge in [-0.3, -0.25) is 24.0 Å². The summed E-state index contributed by atoms with van der Waals surface area (Å²) < 4.78 is 32.7. The molecule has 16 heteroatoms. The minimum absolute atomic E-state index is 0.0393. The van der Waals surface area contributed by atoms with Gasteiger partial charge in [0, 0.05) is 18.8 Å². The van der Waals surface area contributed by atoms with Crippen molar-refractivity contribution in [1.29, 1.82) is 0 Å². The van der Waals surface area contributed by atoms with Crippen LogP contribution in [0.3, 0.4) is 0 Å². The highest BCUT2D eigenvalue weighted by Gasteiger charge is 2.38. The number of nitrogens with zero attached hydrogens (tertiary/aromatic N) is 6. The summed E-state index contributed by atoms with van der Waals surface area (Å²) in [5, 5.41) is 12.1. The van der Waals surface area contributed by atoms with E-state index in [0.29, 0.717) is 12.2 Å². The summed E-state index contributed by atoms with van der Waals surface area (Å²) in [4.78, 5) is 51.4. The quantitative estimate of drug-likeness (QED) is 0.147. The third kappa shape index (κ3) is 6.94. The Kier molecular flexibility index (Phi) is 8.83. The molecule has 0 saturated carbocycles. The van der Waals surface area contributed by atoms with Crippen molar-refractivity contribution in [2.75, 3.05) is 24.8 Å². The first-order valence-electron chi connectivity index (χ1n) is 11.6. The number of rotatable bonds is 12. The Labute approximate surface area is 225 Å². The van der Waals surface area contributed by atoms with Crippen LogP contribution in [0.1, 0.15) is 19.0 Å². The van der Waals surface area contributed by atoms with Gasteiger partial charge in [0.05, 0.1) is 25.0 Å². The van der Waals surface area contributed by atoms with E-state index in [1.807, 2.05) is 0 Å². The van der Waals surface area contributed by atoms with Gasteiger partial charge in [-0.1, -0.05) is 5.21 Å². The Morgan fingerprint density at radius 1 is 1.31 bits per heavy atom. The predicted octanol–water partition coefficient (Wildman–Crippen LogP) is 1.36. The van der Waals surface area contributed by atoms with Crippen molar-refractivity contribution in [1.82, 2.24) is 29.6 Å². The molecule has 1 saturated heterocycles. The lowest BCUT2D eigenvalue weighted by molar-refractivity contribution is -0.170. The van der Waals surface area contributed by atoms with E-state index in [1.165, 1.54) is 28.6 Å². The number of cyclic esters (lactones) is 1. The Bertz CT molecular complexity index is 1350. The van der Waals surface area contributed by atoms with Gasteiger partial charge in [0.25, 0.3) is 0 Å². The minimum atomic E-state index is -1.27. The lowest BCUT2D eigenvalue weighted by Crippen LogP contribution is -2.31. The topological polar surface area (TPSA) is 160 Å². The number of ketones is 1. The fourth-order valence-electron chi connectivity index (χ4n) is 3.80. The number of halogens is 2. The molecule has 1 amide bonds. The van der Waals surface area contributed by atoms with Crippen molar-refractivity contribution in [2.24, 2.45) is 5.92 Å². The molecule has 1 aliphatic heterocycles. The maximum atomic E-state index is 15.0. The van der Waals surface area contributed by atoms with E-state index >= 15 is 4.39 Å². The minimum Gasteiger partial charge on any atom is -0.444 e. The Morgan fingerprint density at radius 2 is 2.13 bits per heavy atom. The molecule has 0 spiro atoms. The largest absolute Gasteiger partial charge is 0.444 e. The number of benzene rings is 1. The smallest absolute Gasteiger partial charge is 0.414 e. The number of hydrogen-bond acceptors (Lipinski definition) is 11. The average Bonchev–Trinajstić information content (AvgIpc) is 3.65. The van der Waals surface area contributed by atoms with E-state index in [9.17, 15) is 19.2 Å². The van der Waals surface area contributed by atoms with Crippen molar-refractivity contribution in [3.8, 4) is 5.69 Å².